The second-order valence-electron chi connectivity index (χ2n) is 10.7. The van der Waals surface area contributed by atoms with E-state index in [9.17, 15) is 0 Å². The number of fused-ring (bicyclic) bond motifs is 1. The molecule has 190 valence electrons. The SMILES string of the molecule is c1ccc(-c2[nH]ncc2CN2CCCC2CNc2nc3c(c(N4CCCCCC4)n2)CCCC3)cc1. The largest absolute Gasteiger partial charge is 0.356 e. The lowest BCUT2D eigenvalue weighted by atomic mass is 9.96. The van der Waals surface area contributed by atoms with Gasteiger partial charge in [0.15, 0.2) is 0 Å². The van der Waals surface area contributed by atoms with Crippen molar-refractivity contribution in [1.29, 1.82) is 0 Å². The summed E-state index contributed by atoms with van der Waals surface area (Å²) in [7, 11) is 0. The zero-order valence-corrected chi connectivity index (χ0v) is 21.4. The van der Waals surface area contributed by atoms with E-state index in [-0.39, 0.29) is 0 Å². The second-order valence-corrected chi connectivity index (χ2v) is 10.7. The van der Waals surface area contributed by atoms with Crippen molar-refractivity contribution >= 4 is 11.8 Å². The van der Waals surface area contributed by atoms with Crippen LogP contribution in [-0.4, -0.2) is 57.3 Å². The molecule has 0 radical (unpaired) electrons. The summed E-state index contributed by atoms with van der Waals surface area (Å²) in [4.78, 5) is 15.3. The number of rotatable bonds is 7. The summed E-state index contributed by atoms with van der Waals surface area (Å²) in [5.74, 6) is 2.05. The van der Waals surface area contributed by atoms with Gasteiger partial charge in [-0.3, -0.25) is 10.00 Å². The van der Waals surface area contributed by atoms with E-state index in [1.54, 1.807) is 0 Å². The first-order valence-electron chi connectivity index (χ1n) is 14.1. The quantitative estimate of drug-likeness (QED) is 0.479. The van der Waals surface area contributed by atoms with E-state index in [1.165, 1.54) is 79.6 Å². The van der Waals surface area contributed by atoms with Crippen LogP contribution in [0, 0.1) is 0 Å². The first kappa shape index (κ1) is 23.5. The van der Waals surface area contributed by atoms with Gasteiger partial charge in [0, 0.05) is 43.3 Å². The molecule has 1 aliphatic carbocycles. The van der Waals surface area contributed by atoms with Crippen molar-refractivity contribution in [2.45, 2.75) is 76.8 Å². The summed E-state index contributed by atoms with van der Waals surface area (Å²) >= 11 is 0. The number of H-pyrrole nitrogens is 1. The van der Waals surface area contributed by atoms with E-state index in [0.29, 0.717) is 6.04 Å². The number of hydrogen-bond acceptors (Lipinski definition) is 6. The van der Waals surface area contributed by atoms with Crippen molar-refractivity contribution in [1.82, 2.24) is 25.1 Å². The monoisotopic (exact) mass is 485 g/mol. The van der Waals surface area contributed by atoms with Crippen LogP contribution in [0.2, 0.25) is 0 Å². The van der Waals surface area contributed by atoms with E-state index < -0.39 is 0 Å². The highest BCUT2D eigenvalue weighted by molar-refractivity contribution is 5.62. The molecule has 4 heterocycles. The Morgan fingerprint density at radius 2 is 1.72 bits per heavy atom. The van der Waals surface area contributed by atoms with E-state index in [2.05, 4.69) is 55.6 Å². The molecule has 2 saturated heterocycles. The summed E-state index contributed by atoms with van der Waals surface area (Å²) in [5.41, 5.74) is 6.30. The Morgan fingerprint density at radius 3 is 2.58 bits per heavy atom. The standard InChI is InChI=1S/C29H39N7/c1-2-9-17-35(16-8-1)28-25-14-6-7-15-26(25)32-29(33-28)30-20-24-13-10-18-36(24)21-23-19-31-34-27(23)22-11-4-3-5-12-22/h3-5,11-12,19,24H,1-2,6-10,13-18,20-21H2,(H,31,34)(H,30,32,33). The number of hydrogen-bond donors (Lipinski definition) is 2. The minimum absolute atomic E-state index is 0.477. The third-order valence-electron chi connectivity index (χ3n) is 8.22. The maximum Gasteiger partial charge on any atom is 0.224 e. The van der Waals surface area contributed by atoms with Crippen LogP contribution < -0.4 is 10.2 Å². The highest BCUT2D eigenvalue weighted by Crippen LogP contribution is 2.31. The Morgan fingerprint density at radius 1 is 0.889 bits per heavy atom. The van der Waals surface area contributed by atoms with Gasteiger partial charge in [0.1, 0.15) is 5.82 Å². The number of likely N-dealkylation sites (tertiary alicyclic amines) is 1. The molecule has 0 amide bonds. The van der Waals surface area contributed by atoms with Crippen LogP contribution >= 0.6 is 0 Å². The van der Waals surface area contributed by atoms with Gasteiger partial charge in [-0.05, 0) is 63.5 Å². The van der Waals surface area contributed by atoms with Crippen molar-refractivity contribution in [3.63, 3.8) is 0 Å². The van der Waals surface area contributed by atoms with Gasteiger partial charge in [0.25, 0.3) is 0 Å². The van der Waals surface area contributed by atoms with Gasteiger partial charge in [-0.15, -0.1) is 0 Å². The smallest absolute Gasteiger partial charge is 0.224 e. The van der Waals surface area contributed by atoms with Crippen LogP contribution in [0.3, 0.4) is 0 Å². The third-order valence-corrected chi connectivity index (χ3v) is 8.22. The van der Waals surface area contributed by atoms with Crippen LogP contribution in [0.5, 0.6) is 0 Å². The van der Waals surface area contributed by atoms with Crippen LogP contribution in [0.25, 0.3) is 11.3 Å². The minimum atomic E-state index is 0.477. The van der Waals surface area contributed by atoms with E-state index in [4.69, 9.17) is 9.97 Å². The molecule has 7 nitrogen and oxygen atoms in total. The first-order chi connectivity index (χ1) is 17.8. The van der Waals surface area contributed by atoms with Crippen LogP contribution in [0.15, 0.2) is 36.5 Å². The summed E-state index contributed by atoms with van der Waals surface area (Å²) in [6.45, 7) is 5.19. The average Bonchev–Trinajstić information content (AvgIpc) is 3.49. The van der Waals surface area contributed by atoms with Gasteiger partial charge >= 0.3 is 0 Å². The van der Waals surface area contributed by atoms with Crippen molar-refractivity contribution < 1.29 is 0 Å². The molecule has 2 fully saturated rings. The molecule has 2 aliphatic heterocycles. The molecular weight excluding hydrogens is 446 g/mol. The normalized spacial score (nSPS) is 20.8. The van der Waals surface area contributed by atoms with Gasteiger partial charge in [-0.1, -0.05) is 43.2 Å². The zero-order chi connectivity index (χ0) is 24.2. The van der Waals surface area contributed by atoms with E-state index in [0.717, 1.165) is 57.2 Å². The molecule has 1 atom stereocenters. The number of nitrogens with one attached hydrogen (secondary N) is 2. The highest BCUT2D eigenvalue weighted by atomic mass is 15.3. The summed E-state index contributed by atoms with van der Waals surface area (Å²) in [6, 6.07) is 11.0. The average molecular weight is 486 g/mol. The van der Waals surface area contributed by atoms with Gasteiger partial charge in [0.2, 0.25) is 5.95 Å². The topological polar surface area (TPSA) is 73.0 Å². The fourth-order valence-electron chi connectivity index (χ4n) is 6.25. The third kappa shape index (κ3) is 5.12. The maximum absolute atomic E-state index is 5.14. The van der Waals surface area contributed by atoms with Gasteiger partial charge in [0.05, 0.1) is 17.6 Å². The number of nitrogens with zero attached hydrogens (tertiary/aromatic N) is 5. The molecule has 2 N–H and O–H groups in total. The Balaban J connectivity index is 1.16. The molecule has 0 spiro atoms. The van der Waals surface area contributed by atoms with Crippen LogP contribution in [-0.2, 0) is 19.4 Å². The number of benzene rings is 1. The summed E-state index contributed by atoms with van der Waals surface area (Å²) in [5, 5.41) is 11.3. The lowest BCUT2D eigenvalue weighted by molar-refractivity contribution is 0.254. The van der Waals surface area contributed by atoms with Gasteiger partial charge in [-0.25, -0.2) is 4.98 Å². The second kappa shape index (κ2) is 11.0. The molecule has 0 bridgehead atoms. The highest BCUT2D eigenvalue weighted by Gasteiger charge is 2.27. The van der Waals surface area contributed by atoms with Crippen molar-refractivity contribution in [2.24, 2.45) is 0 Å². The van der Waals surface area contributed by atoms with E-state index in [1.807, 2.05) is 6.20 Å². The molecule has 1 unspecified atom stereocenters. The number of anilines is 2. The van der Waals surface area contributed by atoms with E-state index >= 15 is 0 Å². The van der Waals surface area contributed by atoms with Gasteiger partial charge in [-0.2, -0.15) is 10.1 Å². The molecule has 3 aliphatic rings. The molecule has 0 saturated carbocycles. The summed E-state index contributed by atoms with van der Waals surface area (Å²) < 4.78 is 0. The predicted octanol–water partition coefficient (Wildman–Crippen LogP) is 5.20. The van der Waals surface area contributed by atoms with Gasteiger partial charge < -0.3 is 10.2 Å². The lowest BCUT2D eigenvalue weighted by Crippen LogP contribution is -2.35. The predicted molar refractivity (Wildman–Crippen MR) is 145 cm³/mol. The number of aryl methyl sites for hydroxylation is 1. The number of aromatic amines is 1. The van der Waals surface area contributed by atoms with Crippen molar-refractivity contribution in [3.8, 4) is 11.3 Å². The Labute approximate surface area is 214 Å². The molecule has 3 aromatic rings. The zero-order valence-electron chi connectivity index (χ0n) is 21.4. The first-order valence-corrected chi connectivity index (χ1v) is 14.1. The molecular formula is C29H39N7. The van der Waals surface area contributed by atoms with Crippen molar-refractivity contribution in [3.05, 3.63) is 53.3 Å². The lowest BCUT2D eigenvalue weighted by Gasteiger charge is -2.28. The molecule has 6 rings (SSSR count). The fraction of sp³-hybridized carbons (Fsp3) is 0.552. The number of aromatic nitrogens is 4. The molecule has 36 heavy (non-hydrogen) atoms. The Bertz CT molecular complexity index is 1130. The summed E-state index contributed by atoms with van der Waals surface area (Å²) in [6.07, 6.45) is 14.4. The molecule has 1 aromatic carbocycles. The Kier molecular flexibility index (Phi) is 7.17. The maximum atomic E-state index is 5.14. The molecule has 2 aromatic heterocycles. The van der Waals surface area contributed by atoms with Crippen LogP contribution in [0.4, 0.5) is 11.8 Å². The molecule has 7 heteroatoms. The fourth-order valence-corrected chi connectivity index (χ4v) is 6.25. The van der Waals surface area contributed by atoms with Crippen molar-refractivity contribution in [2.75, 3.05) is 36.4 Å². The minimum Gasteiger partial charge on any atom is -0.356 e. The van der Waals surface area contributed by atoms with Crippen LogP contribution in [0.1, 0.15) is 68.2 Å². The Hall–Kier alpha value is -2.93.